The van der Waals surface area contributed by atoms with E-state index in [1.54, 1.807) is 30.5 Å². The normalized spacial score (nSPS) is 11.0. The number of H-pyrrole nitrogens is 1. The number of nitrogens with one attached hydrogen (secondary N) is 1. The number of rotatable bonds is 5. The highest BCUT2D eigenvalue weighted by Crippen LogP contribution is 2.22. The number of benzene rings is 1. The van der Waals surface area contributed by atoms with Crippen molar-refractivity contribution in [2.75, 3.05) is 0 Å². The second kappa shape index (κ2) is 7.04. The minimum atomic E-state index is -0.341. The number of hydrogen-bond donors (Lipinski definition) is 1. The summed E-state index contributed by atoms with van der Waals surface area (Å²) in [5.41, 5.74) is 2.32. The van der Waals surface area contributed by atoms with E-state index in [1.807, 2.05) is 36.4 Å². The van der Waals surface area contributed by atoms with Gasteiger partial charge in [0.25, 0.3) is 5.89 Å². The maximum Gasteiger partial charge on any atom is 0.347 e. The van der Waals surface area contributed by atoms with E-state index in [1.165, 1.54) is 4.40 Å². The van der Waals surface area contributed by atoms with E-state index in [0.29, 0.717) is 35.2 Å². The zero-order valence-corrected chi connectivity index (χ0v) is 15.0. The van der Waals surface area contributed by atoms with Crippen LogP contribution >= 0.6 is 0 Å². The Kier molecular flexibility index (Phi) is 4.10. The highest BCUT2D eigenvalue weighted by Gasteiger charge is 2.14. The third-order valence-electron chi connectivity index (χ3n) is 4.27. The van der Waals surface area contributed by atoms with Crippen molar-refractivity contribution >= 4 is 5.65 Å². The number of aromatic amines is 1. The molecule has 5 rings (SSSR count). The van der Waals surface area contributed by atoms with Crippen LogP contribution < -0.4 is 10.4 Å². The van der Waals surface area contributed by atoms with E-state index >= 15 is 0 Å². The molecule has 142 valence electrons. The maximum atomic E-state index is 11.7. The number of pyridine rings is 2. The Balaban J connectivity index is 1.39. The van der Waals surface area contributed by atoms with E-state index in [9.17, 15) is 4.79 Å². The largest absolute Gasteiger partial charge is 0.473 e. The van der Waals surface area contributed by atoms with Gasteiger partial charge in [0.05, 0.1) is 5.56 Å². The monoisotopic (exact) mass is 386 g/mol. The fraction of sp³-hybridized carbons (Fsp3) is 0.0500. The second-order valence-corrected chi connectivity index (χ2v) is 6.23. The number of ether oxygens (including phenoxy) is 1. The van der Waals surface area contributed by atoms with E-state index in [2.05, 4.69) is 25.3 Å². The predicted molar refractivity (Wildman–Crippen MR) is 103 cm³/mol. The Morgan fingerprint density at radius 3 is 2.79 bits per heavy atom. The third-order valence-corrected chi connectivity index (χ3v) is 4.27. The van der Waals surface area contributed by atoms with Gasteiger partial charge in [0, 0.05) is 12.3 Å². The first-order chi connectivity index (χ1) is 14.3. The van der Waals surface area contributed by atoms with Gasteiger partial charge >= 0.3 is 5.69 Å². The van der Waals surface area contributed by atoms with Crippen LogP contribution in [0.1, 0.15) is 5.56 Å². The van der Waals surface area contributed by atoms with Gasteiger partial charge in [-0.25, -0.2) is 19.3 Å². The van der Waals surface area contributed by atoms with Crippen LogP contribution in [0.5, 0.6) is 5.88 Å². The molecule has 0 saturated heterocycles. The first-order valence-electron chi connectivity index (χ1n) is 8.81. The quantitative estimate of drug-likeness (QED) is 0.494. The lowest BCUT2D eigenvalue weighted by atomic mass is 10.2. The third kappa shape index (κ3) is 3.36. The number of fused-ring (bicyclic) bond motifs is 1. The molecule has 0 atom stereocenters. The molecule has 1 N–H and O–H groups in total. The lowest BCUT2D eigenvalue weighted by Gasteiger charge is -2.05. The van der Waals surface area contributed by atoms with Crippen molar-refractivity contribution in [2.24, 2.45) is 0 Å². The van der Waals surface area contributed by atoms with Crippen LogP contribution in [-0.2, 0) is 6.61 Å². The highest BCUT2D eigenvalue weighted by atomic mass is 16.5. The number of nitrogens with zero attached hydrogens (tertiary/aromatic N) is 5. The van der Waals surface area contributed by atoms with Crippen LogP contribution in [0.4, 0.5) is 0 Å². The van der Waals surface area contributed by atoms with Crippen LogP contribution in [0.3, 0.4) is 0 Å². The van der Waals surface area contributed by atoms with Crippen molar-refractivity contribution in [2.45, 2.75) is 6.61 Å². The minimum absolute atomic E-state index is 0.271. The molecule has 9 heteroatoms. The first kappa shape index (κ1) is 16.9. The molecule has 0 aliphatic rings. The van der Waals surface area contributed by atoms with Gasteiger partial charge in [0.2, 0.25) is 11.7 Å². The molecule has 0 bridgehead atoms. The van der Waals surface area contributed by atoms with Crippen LogP contribution in [0.15, 0.2) is 76.2 Å². The van der Waals surface area contributed by atoms with Gasteiger partial charge in [-0.3, -0.25) is 0 Å². The Bertz CT molecular complexity index is 1340. The molecule has 0 amide bonds. The molecular weight excluding hydrogens is 372 g/mol. The molecule has 0 saturated carbocycles. The maximum absolute atomic E-state index is 11.7. The van der Waals surface area contributed by atoms with Gasteiger partial charge in [-0.05, 0) is 23.8 Å². The first-order valence-corrected chi connectivity index (χ1v) is 8.81. The topological polar surface area (TPSA) is 111 Å². The Labute approximate surface area is 163 Å². The summed E-state index contributed by atoms with van der Waals surface area (Å²) in [6.45, 7) is 0.411. The molecule has 0 aliphatic carbocycles. The van der Waals surface area contributed by atoms with Crippen molar-refractivity contribution < 1.29 is 9.26 Å². The van der Waals surface area contributed by atoms with E-state index < -0.39 is 0 Å². The second-order valence-electron chi connectivity index (χ2n) is 6.23. The Morgan fingerprint density at radius 2 is 1.90 bits per heavy atom. The molecule has 1 aromatic carbocycles. The van der Waals surface area contributed by atoms with Crippen molar-refractivity contribution in [3.63, 3.8) is 0 Å². The zero-order chi connectivity index (χ0) is 19.6. The summed E-state index contributed by atoms with van der Waals surface area (Å²) in [6, 6.07) is 18.6. The van der Waals surface area contributed by atoms with Crippen LogP contribution in [-0.4, -0.2) is 29.7 Å². The van der Waals surface area contributed by atoms with Crippen molar-refractivity contribution in [3.05, 3.63) is 82.9 Å². The average molecular weight is 386 g/mol. The fourth-order valence-electron chi connectivity index (χ4n) is 2.83. The molecule has 0 aliphatic heterocycles. The van der Waals surface area contributed by atoms with E-state index in [0.717, 1.165) is 5.56 Å². The number of aromatic nitrogens is 6. The summed E-state index contributed by atoms with van der Waals surface area (Å²) in [4.78, 5) is 20.6. The summed E-state index contributed by atoms with van der Waals surface area (Å²) in [5, 5.41) is 10.3. The lowest BCUT2D eigenvalue weighted by Crippen LogP contribution is -2.08. The number of hydrogen-bond acceptors (Lipinski definition) is 7. The molecular formula is C20H14N6O3. The van der Waals surface area contributed by atoms with Crippen LogP contribution in [0.25, 0.3) is 28.6 Å². The highest BCUT2D eigenvalue weighted by molar-refractivity contribution is 5.59. The van der Waals surface area contributed by atoms with Gasteiger partial charge in [0.15, 0.2) is 5.65 Å². The molecule has 5 aromatic rings. The van der Waals surface area contributed by atoms with Crippen LogP contribution in [0, 0.1) is 0 Å². The van der Waals surface area contributed by atoms with Gasteiger partial charge in [-0.1, -0.05) is 41.6 Å². The Hall–Kier alpha value is -4.27. The summed E-state index contributed by atoms with van der Waals surface area (Å²) < 4.78 is 12.5. The molecule has 4 aromatic heterocycles. The standard InChI is InChI=1S/C20H14N6O3/c27-20-24-23-16-10-9-14(11-26(16)20)19-22-18(25-29-19)15-7-4-8-17(21-15)28-12-13-5-2-1-3-6-13/h1-11H,12H2,(H,24,27). The average Bonchev–Trinajstić information content (AvgIpc) is 3.41. The predicted octanol–water partition coefficient (Wildman–Crippen LogP) is 2.71. The summed E-state index contributed by atoms with van der Waals surface area (Å²) in [7, 11) is 0. The summed E-state index contributed by atoms with van der Waals surface area (Å²) in [5.74, 6) is 1.06. The van der Waals surface area contributed by atoms with Gasteiger partial charge in [0.1, 0.15) is 12.3 Å². The smallest absolute Gasteiger partial charge is 0.347 e. The molecule has 0 unspecified atom stereocenters. The molecule has 0 fully saturated rings. The fourth-order valence-corrected chi connectivity index (χ4v) is 2.83. The molecule has 4 heterocycles. The zero-order valence-electron chi connectivity index (χ0n) is 15.0. The Morgan fingerprint density at radius 1 is 1.00 bits per heavy atom. The van der Waals surface area contributed by atoms with Gasteiger partial charge in [-0.2, -0.15) is 10.1 Å². The molecule has 9 nitrogen and oxygen atoms in total. The molecule has 29 heavy (non-hydrogen) atoms. The summed E-state index contributed by atoms with van der Waals surface area (Å²) in [6.07, 6.45) is 1.59. The van der Waals surface area contributed by atoms with Crippen LogP contribution in [0.2, 0.25) is 0 Å². The van der Waals surface area contributed by atoms with Gasteiger partial charge < -0.3 is 9.26 Å². The summed E-state index contributed by atoms with van der Waals surface area (Å²) >= 11 is 0. The van der Waals surface area contributed by atoms with Crippen molar-refractivity contribution in [1.29, 1.82) is 0 Å². The van der Waals surface area contributed by atoms with Gasteiger partial charge in [-0.15, -0.1) is 0 Å². The van der Waals surface area contributed by atoms with E-state index in [-0.39, 0.29) is 11.6 Å². The molecule has 0 spiro atoms. The van der Waals surface area contributed by atoms with E-state index in [4.69, 9.17) is 9.26 Å². The SMILES string of the molecule is O=c1[nH]nc2ccc(-c3nc(-c4cccc(OCc5ccccc5)n4)no3)cn12. The van der Waals surface area contributed by atoms with Crippen molar-refractivity contribution in [3.8, 4) is 28.9 Å². The lowest BCUT2D eigenvalue weighted by molar-refractivity contribution is 0.294. The minimum Gasteiger partial charge on any atom is -0.473 e. The molecule has 0 radical (unpaired) electrons. The van der Waals surface area contributed by atoms with Crippen molar-refractivity contribution in [1.82, 2.24) is 29.7 Å².